The largest absolute Gasteiger partial charge is 0.492 e. The third-order valence-electron chi connectivity index (χ3n) is 12.0. The SMILES string of the molecule is O=C(O)[C@@H](Cc1cc(F)cc(CC(=O)N(CCOc2cc(F)cc(C[C@H](C(=O)O)[C@H]3CCNC3)c2)Cc2cc(F)cc(C[C@H](C(=O)O)[C@H]3CCNC3)c2)c1)[C@H]1CCNC1. The summed E-state index contributed by atoms with van der Waals surface area (Å²) in [6.07, 6.45) is 2.06. The molecule has 1 amide bonds. The van der Waals surface area contributed by atoms with Gasteiger partial charge in [-0.25, -0.2) is 13.2 Å². The van der Waals surface area contributed by atoms with Crippen LogP contribution in [-0.2, 0) is 51.4 Å². The van der Waals surface area contributed by atoms with Crippen LogP contribution in [0.5, 0.6) is 5.75 Å². The first-order chi connectivity index (χ1) is 28.3. The Balaban J connectivity index is 1.21. The van der Waals surface area contributed by atoms with E-state index in [1.54, 1.807) is 18.2 Å². The fourth-order valence-corrected chi connectivity index (χ4v) is 8.95. The van der Waals surface area contributed by atoms with Gasteiger partial charge in [-0.1, -0.05) is 12.1 Å². The molecule has 3 aromatic carbocycles. The summed E-state index contributed by atoms with van der Waals surface area (Å²) in [5, 5.41) is 39.4. The smallest absolute Gasteiger partial charge is 0.307 e. The van der Waals surface area contributed by atoms with E-state index in [1.807, 2.05) is 0 Å². The van der Waals surface area contributed by atoms with Gasteiger partial charge < -0.3 is 40.9 Å². The summed E-state index contributed by atoms with van der Waals surface area (Å²) in [6.45, 7) is 3.45. The van der Waals surface area contributed by atoms with Crippen molar-refractivity contribution in [2.75, 3.05) is 52.4 Å². The number of nitrogens with one attached hydrogen (secondary N) is 3. The second kappa shape index (κ2) is 20.3. The minimum Gasteiger partial charge on any atom is -0.492 e. The number of benzene rings is 3. The van der Waals surface area contributed by atoms with E-state index < -0.39 is 59.0 Å². The Morgan fingerprint density at radius 2 is 1.00 bits per heavy atom. The van der Waals surface area contributed by atoms with Gasteiger partial charge in [-0.2, -0.15) is 0 Å². The number of amides is 1. The molecule has 0 bridgehead atoms. The molecule has 3 aliphatic heterocycles. The van der Waals surface area contributed by atoms with Gasteiger partial charge in [0.05, 0.1) is 30.7 Å². The summed E-state index contributed by atoms with van der Waals surface area (Å²) >= 11 is 0. The zero-order valence-electron chi connectivity index (χ0n) is 32.9. The Morgan fingerprint density at radius 3 is 1.44 bits per heavy atom. The number of hydrogen-bond donors (Lipinski definition) is 6. The Bertz CT molecular complexity index is 1970. The molecule has 0 saturated carbocycles. The molecule has 318 valence electrons. The number of nitrogens with zero attached hydrogens (tertiary/aromatic N) is 1. The molecule has 0 radical (unpaired) electrons. The molecule has 6 rings (SSSR count). The predicted molar refractivity (Wildman–Crippen MR) is 211 cm³/mol. The molecule has 3 saturated heterocycles. The van der Waals surface area contributed by atoms with Crippen LogP contribution in [0.3, 0.4) is 0 Å². The number of halogens is 3. The first-order valence-electron chi connectivity index (χ1n) is 20.4. The highest BCUT2D eigenvalue weighted by atomic mass is 19.1. The third kappa shape index (κ3) is 12.3. The van der Waals surface area contributed by atoms with E-state index in [0.29, 0.717) is 86.3 Å². The number of carbonyl (C=O) groups excluding carboxylic acids is 1. The first kappa shape index (κ1) is 43.6. The minimum absolute atomic E-state index is 0.0640. The highest BCUT2D eigenvalue weighted by Gasteiger charge is 2.33. The van der Waals surface area contributed by atoms with Crippen molar-refractivity contribution in [3.05, 3.63) is 99.9 Å². The van der Waals surface area contributed by atoms with E-state index in [0.717, 1.165) is 0 Å². The summed E-state index contributed by atoms with van der Waals surface area (Å²) in [6, 6.07) is 12.4. The Hall–Kier alpha value is -4.99. The molecule has 6 atom stereocenters. The van der Waals surface area contributed by atoms with E-state index >= 15 is 8.78 Å². The number of carboxylic acids is 3. The van der Waals surface area contributed by atoms with Crippen LogP contribution in [0.15, 0.2) is 54.6 Å². The lowest BCUT2D eigenvalue weighted by Gasteiger charge is -2.25. The normalized spacial score (nSPS) is 20.6. The number of carboxylic acid groups (broad SMARTS) is 3. The Kier molecular flexibility index (Phi) is 15.0. The number of rotatable bonds is 20. The maximum atomic E-state index is 15.2. The summed E-state index contributed by atoms with van der Waals surface area (Å²) < 4.78 is 51.0. The second-order valence-electron chi connectivity index (χ2n) is 16.3. The van der Waals surface area contributed by atoms with Crippen molar-refractivity contribution >= 4 is 23.8 Å². The fraction of sp³-hybridized carbons (Fsp3) is 0.500. The zero-order valence-corrected chi connectivity index (χ0v) is 32.9. The van der Waals surface area contributed by atoms with Gasteiger partial charge in [0.25, 0.3) is 0 Å². The third-order valence-corrected chi connectivity index (χ3v) is 12.0. The number of ether oxygens (including phenoxy) is 1. The molecule has 3 heterocycles. The molecule has 12 nitrogen and oxygen atoms in total. The van der Waals surface area contributed by atoms with Gasteiger partial charge in [-0.05, 0) is 160 Å². The highest BCUT2D eigenvalue weighted by molar-refractivity contribution is 5.79. The number of aliphatic carboxylic acids is 3. The quantitative estimate of drug-likeness (QED) is 0.0958. The molecule has 3 aliphatic rings. The van der Waals surface area contributed by atoms with Gasteiger partial charge in [0.15, 0.2) is 0 Å². The van der Waals surface area contributed by atoms with E-state index in [2.05, 4.69) is 16.0 Å². The van der Waals surface area contributed by atoms with E-state index in [-0.39, 0.29) is 68.9 Å². The number of hydrogen-bond acceptors (Lipinski definition) is 8. The van der Waals surface area contributed by atoms with Crippen LogP contribution in [0.1, 0.15) is 47.1 Å². The summed E-state index contributed by atoms with van der Waals surface area (Å²) in [4.78, 5) is 52.0. The van der Waals surface area contributed by atoms with Crippen molar-refractivity contribution in [1.82, 2.24) is 20.9 Å². The first-order valence-corrected chi connectivity index (χ1v) is 20.4. The molecule has 59 heavy (non-hydrogen) atoms. The molecule has 0 spiro atoms. The molecule has 0 aliphatic carbocycles. The summed E-state index contributed by atoms with van der Waals surface area (Å²) in [5.74, 6) is -7.64. The van der Waals surface area contributed by atoms with Crippen LogP contribution in [0.2, 0.25) is 0 Å². The van der Waals surface area contributed by atoms with E-state index in [1.165, 1.54) is 41.3 Å². The molecule has 3 fully saturated rings. The van der Waals surface area contributed by atoms with Crippen LogP contribution in [0.25, 0.3) is 0 Å². The summed E-state index contributed by atoms with van der Waals surface area (Å²) in [5.41, 5.74) is 2.07. The van der Waals surface area contributed by atoms with Gasteiger partial charge in [-0.3, -0.25) is 19.2 Å². The van der Waals surface area contributed by atoms with Gasteiger partial charge in [0.1, 0.15) is 29.8 Å². The molecule has 3 aromatic rings. The monoisotopic (exact) mass is 822 g/mol. The van der Waals surface area contributed by atoms with Crippen molar-refractivity contribution in [2.45, 2.75) is 51.5 Å². The zero-order chi connectivity index (χ0) is 42.1. The van der Waals surface area contributed by atoms with Crippen molar-refractivity contribution in [1.29, 1.82) is 0 Å². The van der Waals surface area contributed by atoms with Crippen molar-refractivity contribution in [2.24, 2.45) is 35.5 Å². The molecule has 0 unspecified atom stereocenters. The van der Waals surface area contributed by atoms with E-state index in [4.69, 9.17) is 4.74 Å². The fourth-order valence-electron chi connectivity index (χ4n) is 8.95. The van der Waals surface area contributed by atoms with Crippen LogP contribution in [-0.4, -0.2) is 96.5 Å². The lowest BCUT2D eigenvalue weighted by molar-refractivity contribution is -0.144. The topological polar surface area (TPSA) is 178 Å². The molecule has 15 heteroatoms. The lowest BCUT2D eigenvalue weighted by Crippen LogP contribution is -2.35. The maximum absolute atomic E-state index is 15.2. The molecule has 6 N–H and O–H groups in total. The minimum atomic E-state index is -0.978. The second-order valence-corrected chi connectivity index (χ2v) is 16.3. The van der Waals surface area contributed by atoms with Gasteiger partial charge in [-0.15, -0.1) is 0 Å². The number of carbonyl (C=O) groups is 4. The maximum Gasteiger partial charge on any atom is 0.307 e. The average molecular weight is 823 g/mol. The standard InChI is InChI=1S/C44H53F3N4O8/c45-34-11-26(17-38(42(53)54)31-1-4-48-22-31)9-28(13-34)20-41(52)51(25-30-10-27(12-35(46)15-30)18-39(43(55)56)32-2-5-49-23-32)7-8-59-37-16-29(14-36(47)21-37)19-40(44(57)58)33-3-6-50-24-33/h9-16,21,31-33,38-40,48-50H,1-8,17-20,22-25H2,(H,53,54)(H,55,56)(H,57,58)/t31-,32-,33-,38-,39-,40-/m0/s1. The van der Waals surface area contributed by atoms with Crippen LogP contribution >= 0.6 is 0 Å². The average Bonchev–Trinajstić information content (AvgIpc) is 3.99. The Morgan fingerprint density at radius 1 is 0.593 bits per heavy atom. The van der Waals surface area contributed by atoms with Gasteiger partial charge in [0, 0.05) is 12.6 Å². The van der Waals surface area contributed by atoms with Crippen molar-refractivity contribution < 1.29 is 52.4 Å². The van der Waals surface area contributed by atoms with Crippen molar-refractivity contribution in [3.63, 3.8) is 0 Å². The molecule has 0 aromatic heterocycles. The highest BCUT2D eigenvalue weighted by Crippen LogP contribution is 2.29. The van der Waals surface area contributed by atoms with Crippen molar-refractivity contribution in [3.8, 4) is 5.75 Å². The van der Waals surface area contributed by atoms with E-state index in [9.17, 15) is 38.9 Å². The Labute approximate surface area is 341 Å². The van der Waals surface area contributed by atoms with Gasteiger partial charge >= 0.3 is 17.9 Å². The summed E-state index contributed by atoms with van der Waals surface area (Å²) in [7, 11) is 0. The van der Waals surface area contributed by atoms with Crippen LogP contribution in [0.4, 0.5) is 13.2 Å². The molecular weight excluding hydrogens is 769 g/mol. The predicted octanol–water partition coefficient (Wildman–Crippen LogP) is 4.31. The van der Waals surface area contributed by atoms with Crippen LogP contribution in [0, 0.1) is 53.0 Å². The lowest BCUT2D eigenvalue weighted by atomic mass is 9.85. The van der Waals surface area contributed by atoms with Crippen LogP contribution < -0.4 is 20.7 Å². The van der Waals surface area contributed by atoms with Gasteiger partial charge in [0.2, 0.25) is 5.91 Å². The molecular formula is C44H53F3N4O8.